The number of benzene rings is 1. The zero-order valence-corrected chi connectivity index (χ0v) is 8.00. The summed E-state index contributed by atoms with van der Waals surface area (Å²) in [6.45, 7) is 3.57. The van der Waals surface area contributed by atoms with E-state index in [0.717, 1.165) is 10.9 Å². The van der Waals surface area contributed by atoms with Gasteiger partial charge < -0.3 is 9.52 Å². The predicted octanol–water partition coefficient (Wildman–Crippen LogP) is 2.12. The molecular weight excluding hydrogens is 180 g/mol. The zero-order chi connectivity index (χ0) is 10.3. The average molecular weight is 190 g/mol. The summed E-state index contributed by atoms with van der Waals surface area (Å²) in [5.74, 6) is -0.303. The van der Waals surface area contributed by atoms with Crippen LogP contribution in [0.15, 0.2) is 27.4 Å². The van der Waals surface area contributed by atoms with Gasteiger partial charge in [0, 0.05) is 10.9 Å². The van der Waals surface area contributed by atoms with E-state index in [4.69, 9.17) is 4.42 Å². The van der Waals surface area contributed by atoms with Crippen LogP contribution in [0.5, 0.6) is 5.75 Å². The maximum absolute atomic E-state index is 11.2. The van der Waals surface area contributed by atoms with Gasteiger partial charge in [-0.3, -0.25) is 0 Å². The van der Waals surface area contributed by atoms with Crippen molar-refractivity contribution in [3.8, 4) is 5.75 Å². The molecule has 0 bridgehead atoms. The molecule has 1 N–H and O–H groups in total. The number of aryl methyl sites for hydroxylation is 2. The van der Waals surface area contributed by atoms with E-state index < -0.39 is 5.63 Å². The summed E-state index contributed by atoms with van der Waals surface area (Å²) in [6, 6.07) is 5.55. The van der Waals surface area contributed by atoms with Crippen LogP contribution >= 0.6 is 0 Å². The fourth-order valence-electron chi connectivity index (χ4n) is 1.50. The number of aromatic hydroxyl groups is 1. The summed E-state index contributed by atoms with van der Waals surface area (Å²) >= 11 is 0. The van der Waals surface area contributed by atoms with Gasteiger partial charge >= 0.3 is 5.63 Å². The quantitative estimate of drug-likeness (QED) is 0.647. The summed E-state index contributed by atoms with van der Waals surface area (Å²) in [6.07, 6.45) is 0. The predicted molar refractivity (Wildman–Crippen MR) is 53.6 cm³/mol. The molecule has 2 aromatic rings. The van der Waals surface area contributed by atoms with E-state index in [2.05, 4.69) is 0 Å². The molecule has 3 heteroatoms. The largest absolute Gasteiger partial charge is 0.502 e. The average Bonchev–Trinajstić information content (AvgIpc) is 2.17. The summed E-state index contributed by atoms with van der Waals surface area (Å²) in [5, 5.41) is 10.2. The third kappa shape index (κ3) is 1.09. The Morgan fingerprint density at radius 3 is 2.71 bits per heavy atom. The van der Waals surface area contributed by atoms with Gasteiger partial charge in [0.2, 0.25) is 5.75 Å². The third-order valence-corrected chi connectivity index (χ3v) is 2.36. The monoisotopic (exact) mass is 190 g/mol. The summed E-state index contributed by atoms with van der Waals surface area (Å²) in [7, 11) is 0. The van der Waals surface area contributed by atoms with E-state index in [-0.39, 0.29) is 5.75 Å². The first kappa shape index (κ1) is 8.81. The van der Waals surface area contributed by atoms with Crippen LogP contribution in [-0.4, -0.2) is 5.11 Å². The highest BCUT2D eigenvalue weighted by Crippen LogP contribution is 2.24. The standard InChI is InChI=1S/C11H10O3/c1-6-4-3-5-8-7(2)9(12)11(13)14-10(6)8/h3-5,12H,1-2H3. The van der Waals surface area contributed by atoms with Gasteiger partial charge in [0.05, 0.1) is 0 Å². The highest BCUT2D eigenvalue weighted by molar-refractivity contribution is 5.84. The molecule has 14 heavy (non-hydrogen) atoms. The van der Waals surface area contributed by atoms with E-state index >= 15 is 0 Å². The molecule has 0 fully saturated rings. The van der Waals surface area contributed by atoms with E-state index in [1.54, 1.807) is 6.92 Å². The van der Waals surface area contributed by atoms with Crippen LogP contribution in [0.4, 0.5) is 0 Å². The lowest BCUT2D eigenvalue weighted by Gasteiger charge is -2.04. The molecule has 0 radical (unpaired) electrons. The Morgan fingerprint density at radius 2 is 2.00 bits per heavy atom. The first-order valence-corrected chi connectivity index (χ1v) is 4.33. The molecule has 0 aliphatic carbocycles. The molecule has 1 aromatic carbocycles. The molecule has 72 valence electrons. The molecule has 0 amide bonds. The van der Waals surface area contributed by atoms with Gasteiger partial charge in [-0.05, 0) is 19.4 Å². The van der Waals surface area contributed by atoms with Crippen molar-refractivity contribution in [1.29, 1.82) is 0 Å². The second-order valence-corrected chi connectivity index (χ2v) is 3.31. The summed E-state index contributed by atoms with van der Waals surface area (Å²) < 4.78 is 5.00. The van der Waals surface area contributed by atoms with E-state index in [0.29, 0.717) is 11.1 Å². The first-order valence-electron chi connectivity index (χ1n) is 4.33. The lowest BCUT2D eigenvalue weighted by molar-refractivity contribution is 0.424. The molecule has 0 atom stereocenters. The van der Waals surface area contributed by atoms with Crippen LogP contribution < -0.4 is 5.63 Å². The van der Waals surface area contributed by atoms with Crippen molar-refractivity contribution in [1.82, 2.24) is 0 Å². The summed E-state index contributed by atoms with van der Waals surface area (Å²) in [5.41, 5.74) is 1.33. The SMILES string of the molecule is Cc1c(O)c(=O)oc2c(C)cccc12. The maximum atomic E-state index is 11.2. The van der Waals surface area contributed by atoms with Gasteiger partial charge in [0.15, 0.2) is 0 Å². The molecular formula is C11H10O3. The van der Waals surface area contributed by atoms with Crippen molar-refractivity contribution in [3.63, 3.8) is 0 Å². The van der Waals surface area contributed by atoms with Crippen molar-refractivity contribution in [2.75, 3.05) is 0 Å². The van der Waals surface area contributed by atoms with Gasteiger partial charge in [-0.15, -0.1) is 0 Å². The minimum Gasteiger partial charge on any atom is -0.502 e. The molecule has 1 aromatic heterocycles. The molecule has 1 heterocycles. The Bertz CT molecular complexity index is 552. The number of para-hydroxylation sites is 1. The fraction of sp³-hybridized carbons (Fsp3) is 0.182. The van der Waals surface area contributed by atoms with Gasteiger partial charge in [0.1, 0.15) is 5.58 Å². The van der Waals surface area contributed by atoms with Crippen LogP contribution in [-0.2, 0) is 0 Å². The van der Waals surface area contributed by atoms with Gasteiger partial charge in [-0.25, -0.2) is 4.79 Å². The number of fused-ring (bicyclic) bond motifs is 1. The number of hydrogen-bond acceptors (Lipinski definition) is 3. The Morgan fingerprint density at radius 1 is 1.29 bits per heavy atom. The topological polar surface area (TPSA) is 50.4 Å². The highest BCUT2D eigenvalue weighted by Gasteiger charge is 2.10. The van der Waals surface area contributed by atoms with Crippen molar-refractivity contribution in [2.24, 2.45) is 0 Å². The lowest BCUT2D eigenvalue weighted by Crippen LogP contribution is -2.01. The molecule has 0 aliphatic rings. The second kappa shape index (κ2) is 2.87. The van der Waals surface area contributed by atoms with E-state index in [1.807, 2.05) is 25.1 Å². The van der Waals surface area contributed by atoms with E-state index in [9.17, 15) is 9.90 Å². The molecule has 0 saturated carbocycles. The lowest BCUT2D eigenvalue weighted by atomic mass is 10.1. The normalized spacial score (nSPS) is 10.7. The Labute approximate surface area is 80.6 Å². The summed E-state index contributed by atoms with van der Waals surface area (Å²) in [4.78, 5) is 11.2. The molecule has 0 saturated heterocycles. The third-order valence-electron chi connectivity index (χ3n) is 2.36. The van der Waals surface area contributed by atoms with Gasteiger partial charge in [-0.2, -0.15) is 0 Å². The molecule has 0 aliphatic heterocycles. The molecule has 0 spiro atoms. The number of hydrogen-bond donors (Lipinski definition) is 1. The van der Waals surface area contributed by atoms with Gasteiger partial charge in [-0.1, -0.05) is 18.2 Å². The Kier molecular flexibility index (Phi) is 1.81. The first-order chi connectivity index (χ1) is 6.61. The van der Waals surface area contributed by atoms with Crippen molar-refractivity contribution in [2.45, 2.75) is 13.8 Å². The minimum atomic E-state index is -0.677. The van der Waals surface area contributed by atoms with E-state index in [1.165, 1.54) is 0 Å². The van der Waals surface area contributed by atoms with Crippen LogP contribution in [0.1, 0.15) is 11.1 Å². The van der Waals surface area contributed by atoms with Crippen molar-refractivity contribution >= 4 is 11.0 Å². The van der Waals surface area contributed by atoms with Crippen molar-refractivity contribution < 1.29 is 9.52 Å². The van der Waals surface area contributed by atoms with Crippen LogP contribution in [0, 0.1) is 13.8 Å². The minimum absolute atomic E-state index is 0.303. The molecule has 0 unspecified atom stereocenters. The Balaban J connectivity index is 3.06. The Hall–Kier alpha value is -1.77. The smallest absolute Gasteiger partial charge is 0.379 e. The van der Waals surface area contributed by atoms with Crippen LogP contribution in [0.3, 0.4) is 0 Å². The van der Waals surface area contributed by atoms with Crippen LogP contribution in [0.2, 0.25) is 0 Å². The zero-order valence-electron chi connectivity index (χ0n) is 8.00. The van der Waals surface area contributed by atoms with Crippen molar-refractivity contribution in [3.05, 3.63) is 39.7 Å². The second-order valence-electron chi connectivity index (χ2n) is 3.31. The maximum Gasteiger partial charge on any atom is 0.379 e. The van der Waals surface area contributed by atoms with Gasteiger partial charge in [0.25, 0.3) is 0 Å². The molecule has 2 rings (SSSR count). The highest BCUT2D eigenvalue weighted by atomic mass is 16.4. The number of rotatable bonds is 0. The fourth-order valence-corrected chi connectivity index (χ4v) is 1.50. The van der Waals surface area contributed by atoms with Crippen LogP contribution in [0.25, 0.3) is 11.0 Å². The molecule has 3 nitrogen and oxygen atoms in total.